The molecule has 0 fully saturated rings. The average molecular weight is 248 g/mol. The predicted octanol–water partition coefficient (Wildman–Crippen LogP) is 3.34. The first-order valence-corrected chi connectivity index (χ1v) is 6.46. The number of thiophene rings is 1. The number of ether oxygens (including phenoxy) is 1. The van der Waals surface area contributed by atoms with Crippen molar-refractivity contribution in [1.82, 2.24) is 0 Å². The molecular weight excluding hydrogens is 232 g/mol. The molecule has 0 bridgehead atoms. The fourth-order valence-corrected chi connectivity index (χ4v) is 2.25. The molecule has 0 aliphatic heterocycles. The highest BCUT2D eigenvalue weighted by molar-refractivity contribution is 7.10. The van der Waals surface area contributed by atoms with Crippen molar-refractivity contribution in [2.75, 3.05) is 17.7 Å². The van der Waals surface area contributed by atoms with Crippen molar-refractivity contribution in [3.8, 4) is 5.75 Å². The normalized spacial score (nSPS) is 10.2. The molecule has 0 saturated heterocycles. The quantitative estimate of drug-likeness (QED) is 0.853. The van der Waals surface area contributed by atoms with Crippen LogP contribution in [-0.4, -0.2) is 6.61 Å². The van der Waals surface area contributed by atoms with Gasteiger partial charge in [0.25, 0.3) is 0 Å². The fourth-order valence-electron chi connectivity index (χ4n) is 1.51. The first-order valence-electron chi connectivity index (χ1n) is 5.58. The number of rotatable bonds is 5. The minimum absolute atomic E-state index is 0.693. The van der Waals surface area contributed by atoms with Gasteiger partial charge in [-0.25, -0.2) is 0 Å². The zero-order chi connectivity index (χ0) is 12.1. The van der Waals surface area contributed by atoms with Gasteiger partial charge >= 0.3 is 0 Å². The molecule has 0 saturated carbocycles. The van der Waals surface area contributed by atoms with Crippen molar-refractivity contribution in [2.45, 2.75) is 13.5 Å². The highest BCUT2D eigenvalue weighted by Gasteiger charge is 2.00. The Bertz CT molecular complexity index is 465. The maximum atomic E-state index is 5.82. The van der Waals surface area contributed by atoms with E-state index in [4.69, 9.17) is 10.5 Å². The molecular formula is C13H16N2OS. The van der Waals surface area contributed by atoms with Crippen molar-refractivity contribution < 1.29 is 4.74 Å². The topological polar surface area (TPSA) is 47.3 Å². The third-order valence-electron chi connectivity index (χ3n) is 2.40. The summed E-state index contributed by atoms with van der Waals surface area (Å²) in [4.78, 5) is 1.17. The average Bonchev–Trinajstić information content (AvgIpc) is 2.75. The Balaban J connectivity index is 1.93. The Labute approximate surface area is 105 Å². The number of nitrogens with one attached hydrogen (secondary N) is 1. The van der Waals surface area contributed by atoms with Crippen LogP contribution < -0.4 is 15.8 Å². The summed E-state index contributed by atoms with van der Waals surface area (Å²) in [6.07, 6.45) is 0. The van der Waals surface area contributed by atoms with Gasteiger partial charge in [0.05, 0.1) is 13.2 Å². The predicted molar refractivity (Wildman–Crippen MR) is 73.7 cm³/mol. The largest absolute Gasteiger partial charge is 0.494 e. The first kappa shape index (κ1) is 11.8. The van der Waals surface area contributed by atoms with E-state index >= 15 is 0 Å². The number of hydrogen-bond donors (Lipinski definition) is 2. The van der Waals surface area contributed by atoms with Crippen molar-refractivity contribution >= 4 is 22.7 Å². The molecule has 0 unspecified atom stereocenters. The number of benzene rings is 1. The summed E-state index contributed by atoms with van der Waals surface area (Å²) in [6, 6.07) is 9.87. The van der Waals surface area contributed by atoms with E-state index in [-0.39, 0.29) is 0 Å². The molecule has 0 radical (unpaired) electrons. The van der Waals surface area contributed by atoms with Crippen molar-refractivity contribution in [3.05, 3.63) is 40.6 Å². The van der Waals surface area contributed by atoms with E-state index in [1.54, 1.807) is 11.3 Å². The Hall–Kier alpha value is -1.68. The van der Waals surface area contributed by atoms with Crippen LogP contribution in [0.15, 0.2) is 35.7 Å². The smallest absolute Gasteiger partial charge is 0.119 e. The molecule has 2 rings (SSSR count). The van der Waals surface area contributed by atoms with E-state index in [2.05, 4.69) is 5.32 Å². The Morgan fingerprint density at radius 1 is 1.24 bits per heavy atom. The molecule has 1 aromatic heterocycles. The molecule has 17 heavy (non-hydrogen) atoms. The van der Waals surface area contributed by atoms with Crippen LogP contribution in [0.1, 0.15) is 11.8 Å². The molecule has 0 spiro atoms. The summed E-state index contributed by atoms with van der Waals surface area (Å²) in [6.45, 7) is 3.43. The van der Waals surface area contributed by atoms with Crippen LogP contribution >= 0.6 is 11.3 Å². The molecule has 1 aromatic carbocycles. The summed E-state index contributed by atoms with van der Waals surface area (Å²) >= 11 is 1.67. The summed E-state index contributed by atoms with van der Waals surface area (Å²) in [5.41, 5.74) is 7.74. The molecule has 3 nitrogen and oxygen atoms in total. The molecule has 0 atom stereocenters. The van der Waals surface area contributed by atoms with Gasteiger partial charge in [-0.2, -0.15) is 0 Å². The minimum atomic E-state index is 0.693. The monoisotopic (exact) mass is 248 g/mol. The van der Waals surface area contributed by atoms with Gasteiger partial charge in [-0.05, 0) is 42.6 Å². The van der Waals surface area contributed by atoms with Crippen molar-refractivity contribution in [2.24, 2.45) is 0 Å². The molecule has 1 heterocycles. The van der Waals surface area contributed by atoms with Gasteiger partial charge < -0.3 is 15.8 Å². The zero-order valence-electron chi connectivity index (χ0n) is 9.77. The van der Waals surface area contributed by atoms with Crippen LogP contribution in [0.2, 0.25) is 0 Å². The molecule has 3 N–H and O–H groups in total. The molecule has 0 amide bonds. The minimum Gasteiger partial charge on any atom is -0.494 e. The van der Waals surface area contributed by atoms with Crippen LogP contribution in [0.5, 0.6) is 5.75 Å². The van der Waals surface area contributed by atoms with E-state index in [0.29, 0.717) is 6.61 Å². The first-order chi connectivity index (χ1) is 8.29. The van der Waals surface area contributed by atoms with Crippen LogP contribution in [0.4, 0.5) is 11.4 Å². The van der Waals surface area contributed by atoms with Gasteiger partial charge in [0.1, 0.15) is 5.75 Å². The highest BCUT2D eigenvalue weighted by Crippen LogP contribution is 2.21. The maximum Gasteiger partial charge on any atom is 0.119 e. The lowest BCUT2D eigenvalue weighted by atomic mass is 10.3. The standard InChI is InChI=1S/C13H16N2OS/c1-2-16-11-5-3-10(4-6-11)15-9-13-12(14)7-8-17-13/h3-8,15H,2,9,14H2,1H3. The number of anilines is 2. The summed E-state index contributed by atoms with van der Waals surface area (Å²) < 4.78 is 5.38. The van der Waals surface area contributed by atoms with E-state index in [1.807, 2.05) is 42.6 Å². The van der Waals surface area contributed by atoms with Crippen LogP contribution in [0.3, 0.4) is 0 Å². The number of nitrogen functional groups attached to an aromatic ring is 1. The SMILES string of the molecule is CCOc1ccc(NCc2sccc2N)cc1. The van der Waals surface area contributed by atoms with Gasteiger partial charge in [-0.15, -0.1) is 11.3 Å². The fraction of sp³-hybridized carbons (Fsp3) is 0.231. The number of nitrogens with two attached hydrogens (primary N) is 1. The summed E-state index contributed by atoms with van der Waals surface area (Å²) in [7, 11) is 0. The lowest BCUT2D eigenvalue weighted by Gasteiger charge is -2.07. The van der Waals surface area contributed by atoms with Gasteiger partial charge in [0.2, 0.25) is 0 Å². The Morgan fingerprint density at radius 2 is 2.00 bits per heavy atom. The van der Waals surface area contributed by atoms with Crippen LogP contribution in [0, 0.1) is 0 Å². The molecule has 2 aromatic rings. The van der Waals surface area contributed by atoms with Gasteiger partial charge in [0.15, 0.2) is 0 Å². The van der Waals surface area contributed by atoms with Gasteiger partial charge in [0, 0.05) is 16.3 Å². The summed E-state index contributed by atoms with van der Waals surface area (Å²) in [5.74, 6) is 0.897. The lowest BCUT2D eigenvalue weighted by molar-refractivity contribution is 0.340. The molecule has 0 aliphatic rings. The van der Waals surface area contributed by atoms with Crippen LogP contribution in [0.25, 0.3) is 0 Å². The third kappa shape index (κ3) is 3.14. The van der Waals surface area contributed by atoms with Gasteiger partial charge in [-0.3, -0.25) is 0 Å². The Morgan fingerprint density at radius 3 is 2.59 bits per heavy atom. The Kier molecular flexibility index (Phi) is 3.88. The summed E-state index contributed by atoms with van der Waals surface area (Å²) in [5, 5.41) is 5.34. The lowest BCUT2D eigenvalue weighted by Crippen LogP contribution is -2.00. The number of hydrogen-bond acceptors (Lipinski definition) is 4. The van der Waals surface area contributed by atoms with E-state index in [0.717, 1.165) is 23.7 Å². The maximum absolute atomic E-state index is 5.82. The zero-order valence-corrected chi connectivity index (χ0v) is 10.6. The highest BCUT2D eigenvalue weighted by atomic mass is 32.1. The molecule has 90 valence electrons. The second-order valence-corrected chi connectivity index (χ2v) is 4.61. The van der Waals surface area contributed by atoms with Crippen LogP contribution in [-0.2, 0) is 6.54 Å². The third-order valence-corrected chi connectivity index (χ3v) is 3.33. The van der Waals surface area contributed by atoms with E-state index < -0.39 is 0 Å². The van der Waals surface area contributed by atoms with E-state index in [9.17, 15) is 0 Å². The second kappa shape index (κ2) is 5.59. The molecule has 0 aliphatic carbocycles. The molecule has 4 heteroatoms. The van der Waals surface area contributed by atoms with Gasteiger partial charge in [-0.1, -0.05) is 0 Å². The van der Waals surface area contributed by atoms with Crippen molar-refractivity contribution in [3.63, 3.8) is 0 Å². The van der Waals surface area contributed by atoms with Crippen molar-refractivity contribution in [1.29, 1.82) is 0 Å². The second-order valence-electron chi connectivity index (χ2n) is 3.61. The van der Waals surface area contributed by atoms with E-state index in [1.165, 1.54) is 4.88 Å².